The van der Waals surface area contributed by atoms with Crippen molar-refractivity contribution < 1.29 is 18.3 Å². The summed E-state index contributed by atoms with van der Waals surface area (Å²) in [6.45, 7) is 0.125. The van der Waals surface area contributed by atoms with Gasteiger partial charge in [-0.15, -0.1) is 5.10 Å². The molecule has 0 unspecified atom stereocenters. The average Bonchev–Trinajstić information content (AvgIpc) is 2.83. The summed E-state index contributed by atoms with van der Waals surface area (Å²) in [5, 5.41) is 19.6. The Bertz CT molecular complexity index is 546. The van der Waals surface area contributed by atoms with Gasteiger partial charge in [-0.25, -0.2) is 13.1 Å². The maximum atomic E-state index is 11.1. The largest absolute Gasteiger partial charge is 0.481 e. The number of hydrogen-bond donors (Lipinski definition) is 1. The molecule has 0 radical (unpaired) electrons. The van der Waals surface area contributed by atoms with Crippen LogP contribution in [0.25, 0.3) is 0 Å². The van der Waals surface area contributed by atoms with Gasteiger partial charge in [-0.3, -0.25) is 4.79 Å². The van der Waals surface area contributed by atoms with Gasteiger partial charge < -0.3 is 5.11 Å². The zero-order valence-electron chi connectivity index (χ0n) is 9.20. The number of nitrogens with zero attached hydrogens (tertiary/aromatic N) is 4. The summed E-state index contributed by atoms with van der Waals surface area (Å²) in [6, 6.07) is 0. The first-order valence-electron chi connectivity index (χ1n) is 4.99. The molecule has 2 rings (SSSR count). The van der Waals surface area contributed by atoms with Crippen molar-refractivity contribution in [3.05, 3.63) is 5.82 Å². The monoisotopic (exact) mass is 260 g/mol. The molecule has 0 aliphatic heterocycles. The molecule has 0 spiro atoms. The lowest BCUT2D eigenvalue weighted by molar-refractivity contribution is -0.144. The molecule has 1 aliphatic carbocycles. The first-order valence-corrected chi connectivity index (χ1v) is 7.05. The summed E-state index contributed by atoms with van der Waals surface area (Å²) in [5.41, 5.74) is -0.818. The van der Waals surface area contributed by atoms with E-state index in [1.54, 1.807) is 0 Å². The molecule has 1 aliphatic rings. The van der Waals surface area contributed by atoms with Crippen molar-refractivity contribution in [1.82, 2.24) is 20.2 Å². The summed E-state index contributed by atoms with van der Waals surface area (Å²) in [5.74, 6) is -0.992. The van der Waals surface area contributed by atoms with E-state index in [0.29, 0.717) is 12.8 Å². The standard InChI is InChI=1S/C8H12N4O4S/c1-17(15,16)4-6-9-10-11-12(6)5-8(2-3-8)7(13)14/h2-5H2,1H3,(H,13,14). The molecule has 0 saturated heterocycles. The quantitative estimate of drug-likeness (QED) is 0.728. The maximum Gasteiger partial charge on any atom is 0.311 e. The third-order valence-corrected chi connectivity index (χ3v) is 3.54. The van der Waals surface area contributed by atoms with Crippen LogP contribution in [0.2, 0.25) is 0 Å². The van der Waals surface area contributed by atoms with Crippen LogP contribution in [-0.4, -0.2) is 46.0 Å². The number of carboxylic acids is 1. The molecule has 1 heterocycles. The van der Waals surface area contributed by atoms with Crippen molar-refractivity contribution in [1.29, 1.82) is 0 Å². The molecule has 17 heavy (non-hydrogen) atoms. The van der Waals surface area contributed by atoms with Gasteiger partial charge in [-0.05, 0) is 23.3 Å². The molecule has 1 aromatic rings. The number of aliphatic carboxylic acids is 1. The molecule has 0 atom stereocenters. The number of aromatic nitrogens is 4. The fourth-order valence-electron chi connectivity index (χ4n) is 1.56. The fourth-order valence-corrected chi connectivity index (χ4v) is 2.24. The van der Waals surface area contributed by atoms with E-state index in [9.17, 15) is 13.2 Å². The summed E-state index contributed by atoms with van der Waals surface area (Å²) in [6.07, 6.45) is 2.22. The van der Waals surface area contributed by atoms with Crippen LogP contribution in [0, 0.1) is 5.41 Å². The van der Waals surface area contributed by atoms with Crippen molar-refractivity contribution in [3.8, 4) is 0 Å². The van der Waals surface area contributed by atoms with Gasteiger partial charge >= 0.3 is 5.97 Å². The van der Waals surface area contributed by atoms with Gasteiger partial charge in [0.15, 0.2) is 15.7 Å². The zero-order valence-corrected chi connectivity index (χ0v) is 10.0. The number of tetrazole rings is 1. The van der Waals surface area contributed by atoms with Gasteiger partial charge in [0, 0.05) is 6.26 Å². The lowest BCUT2D eigenvalue weighted by atomic mass is 10.1. The average molecular weight is 260 g/mol. The summed E-state index contributed by atoms with van der Waals surface area (Å²) in [7, 11) is -3.24. The lowest BCUT2D eigenvalue weighted by Crippen LogP contribution is -2.24. The summed E-state index contributed by atoms with van der Waals surface area (Å²) >= 11 is 0. The lowest BCUT2D eigenvalue weighted by Gasteiger charge is -2.10. The SMILES string of the molecule is CS(=O)(=O)Cc1nnnn1CC1(C(=O)O)CC1. The van der Waals surface area contributed by atoms with Crippen molar-refractivity contribution in [3.63, 3.8) is 0 Å². The van der Waals surface area contributed by atoms with Gasteiger partial charge in [0.2, 0.25) is 0 Å². The third-order valence-electron chi connectivity index (χ3n) is 2.76. The van der Waals surface area contributed by atoms with Gasteiger partial charge in [0.25, 0.3) is 0 Å². The van der Waals surface area contributed by atoms with Gasteiger partial charge in [-0.2, -0.15) is 0 Å². The zero-order chi connectivity index (χ0) is 12.7. The Morgan fingerprint density at radius 1 is 1.53 bits per heavy atom. The van der Waals surface area contributed by atoms with E-state index >= 15 is 0 Å². The van der Waals surface area contributed by atoms with E-state index in [0.717, 1.165) is 6.26 Å². The number of sulfone groups is 1. The molecule has 1 N–H and O–H groups in total. The molecule has 1 aromatic heterocycles. The minimum atomic E-state index is -3.24. The van der Waals surface area contributed by atoms with E-state index in [1.165, 1.54) is 4.68 Å². The summed E-state index contributed by atoms with van der Waals surface area (Å²) in [4.78, 5) is 11.0. The van der Waals surface area contributed by atoms with Gasteiger partial charge in [0.05, 0.1) is 12.0 Å². The highest BCUT2D eigenvalue weighted by molar-refractivity contribution is 7.89. The number of carboxylic acid groups (broad SMARTS) is 1. The van der Waals surface area contributed by atoms with Crippen LogP contribution in [0.1, 0.15) is 18.7 Å². The molecule has 0 amide bonds. The Kier molecular flexibility index (Phi) is 2.64. The molecular formula is C8H12N4O4S. The Hall–Kier alpha value is -1.51. The third kappa shape index (κ3) is 2.60. The Balaban J connectivity index is 2.18. The number of carbonyl (C=O) groups is 1. The minimum absolute atomic E-state index is 0.125. The molecular weight excluding hydrogens is 248 g/mol. The highest BCUT2D eigenvalue weighted by Gasteiger charge is 2.51. The second-order valence-corrected chi connectivity index (χ2v) is 6.55. The van der Waals surface area contributed by atoms with Gasteiger partial charge in [0.1, 0.15) is 5.75 Å². The van der Waals surface area contributed by atoms with Crippen molar-refractivity contribution in [2.24, 2.45) is 5.41 Å². The van der Waals surface area contributed by atoms with Crippen LogP contribution in [0.15, 0.2) is 0 Å². The second-order valence-electron chi connectivity index (χ2n) is 4.41. The van der Waals surface area contributed by atoms with Crippen LogP contribution >= 0.6 is 0 Å². The molecule has 1 saturated carbocycles. The molecule has 0 aromatic carbocycles. The van der Waals surface area contributed by atoms with Crippen molar-refractivity contribution in [2.75, 3.05) is 6.26 Å². The number of hydrogen-bond acceptors (Lipinski definition) is 6. The fraction of sp³-hybridized carbons (Fsp3) is 0.750. The van der Waals surface area contributed by atoms with Gasteiger partial charge in [-0.1, -0.05) is 0 Å². The topological polar surface area (TPSA) is 115 Å². The maximum absolute atomic E-state index is 11.1. The molecule has 8 nitrogen and oxygen atoms in total. The molecule has 1 fully saturated rings. The molecule has 94 valence electrons. The van der Waals surface area contributed by atoms with E-state index in [-0.39, 0.29) is 18.1 Å². The molecule has 0 bridgehead atoms. The predicted octanol–water partition coefficient (Wildman–Crippen LogP) is -0.918. The Labute approximate surface area is 97.5 Å². The van der Waals surface area contributed by atoms with Crippen molar-refractivity contribution >= 4 is 15.8 Å². The number of rotatable bonds is 5. The van der Waals surface area contributed by atoms with Crippen LogP contribution < -0.4 is 0 Å². The van der Waals surface area contributed by atoms with E-state index in [2.05, 4.69) is 15.5 Å². The van der Waals surface area contributed by atoms with Crippen LogP contribution in [-0.2, 0) is 26.9 Å². The van der Waals surface area contributed by atoms with Crippen molar-refractivity contribution in [2.45, 2.75) is 25.1 Å². The van der Waals surface area contributed by atoms with E-state index in [4.69, 9.17) is 5.11 Å². The minimum Gasteiger partial charge on any atom is -0.481 e. The second kappa shape index (κ2) is 3.76. The Morgan fingerprint density at radius 3 is 2.65 bits per heavy atom. The highest BCUT2D eigenvalue weighted by atomic mass is 32.2. The Morgan fingerprint density at radius 2 is 2.18 bits per heavy atom. The van der Waals surface area contributed by atoms with E-state index in [1.807, 2.05) is 0 Å². The first kappa shape index (κ1) is 12.0. The van der Waals surface area contributed by atoms with Crippen LogP contribution in [0.3, 0.4) is 0 Å². The van der Waals surface area contributed by atoms with E-state index < -0.39 is 21.2 Å². The smallest absolute Gasteiger partial charge is 0.311 e. The highest BCUT2D eigenvalue weighted by Crippen LogP contribution is 2.47. The van der Waals surface area contributed by atoms with Crippen LogP contribution in [0.4, 0.5) is 0 Å². The summed E-state index contributed by atoms with van der Waals surface area (Å²) < 4.78 is 23.5. The molecule has 9 heteroatoms. The first-order chi connectivity index (χ1) is 7.82. The van der Waals surface area contributed by atoms with Crippen LogP contribution in [0.5, 0.6) is 0 Å². The predicted molar refractivity (Wildman–Crippen MR) is 55.7 cm³/mol. The normalized spacial score (nSPS) is 17.9.